The van der Waals surface area contributed by atoms with E-state index in [1.807, 2.05) is 0 Å². The first-order valence-electron chi connectivity index (χ1n) is 8.58. The highest BCUT2D eigenvalue weighted by atomic mass is 15.1. The van der Waals surface area contributed by atoms with Crippen molar-refractivity contribution in [3.05, 3.63) is 29.8 Å². The van der Waals surface area contributed by atoms with Gasteiger partial charge in [-0.3, -0.25) is 0 Å². The summed E-state index contributed by atoms with van der Waals surface area (Å²) < 4.78 is 0. The predicted octanol–water partition coefficient (Wildman–Crippen LogP) is 4.49. The van der Waals surface area contributed by atoms with Crippen molar-refractivity contribution in [2.24, 2.45) is 5.41 Å². The number of nitrogens with one attached hydrogen (secondary N) is 1. The first kappa shape index (κ1) is 14.9. The fourth-order valence-corrected chi connectivity index (χ4v) is 4.06. The van der Waals surface area contributed by atoms with Crippen LogP contribution in [0, 0.1) is 5.41 Å². The highest BCUT2D eigenvalue weighted by Crippen LogP contribution is 2.38. The molecule has 1 aromatic rings. The van der Waals surface area contributed by atoms with E-state index in [1.54, 1.807) is 0 Å². The molecule has 21 heavy (non-hydrogen) atoms. The number of para-hydroxylation sites is 1. The first-order valence-corrected chi connectivity index (χ1v) is 8.58. The van der Waals surface area contributed by atoms with Crippen molar-refractivity contribution < 1.29 is 0 Å². The van der Waals surface area contributed by atoms with Gasteiger partial charge in [0.1, 0.15) is 0 Å². The van der Waals surface area contributed by atoms with Gasteiger partial charge in [0.25, 0.3) is 0 Å². The quantitative estimate of drug-likeness (QED) is 0.881. The Hall–Kier alpha value is -1.02. The molecule has 0 radical (unpaired) electrons. The summed E-state index contributed by atoms with van der Waals surface area (Å²) in [7, 11) is 2.34. The summed E-state index contributed by atoms with van der Waals surface area (Å²) >= 11 is 0. The average molecular weight is 286 g/mol. The van der Waals surface area contributed by atoms with Crippen LogP contribution in [0.4, 0.5) is 5.69 Å². The van der Waals surface area contributed by atoms with E-state index < -0.39 is 0 Å². The minimum Gasteiger partial charge on any atom is -0.385 e. The molecule has 2 heteroatoms. The Balaban J connectivity index is 1.62. The maximum absolute atomic E-state index is 3.54. The number of hydrogen-bond acceptors (Lipinski definition) is 2. The van der Waals surface area contributed by atoms with Crippen LogP contribution in [0.15, 0.2) is 24.3 Å². The zero-order valence-corrected chi connectivity index (χ0v) is 13.9. The van der Waals surface area contributed by atoms with Crippen LogP contribution in [0.2, 0.25) is 0 Å². The highest BCUT2D eigenvalue weighted by Gasteiger charge is 2.30. The Labute approximate surface area is 129 Å². The van der Waals surface area contributed by atoms with E-state index in [1.165, 1.54) is 49.9 Å². The van der Waals surface area contributed by atoms with Gasteiger partial charge in [-0.2, -0.15) is 0 Å². The smallest absolute Gasteiger partial charge is 0.0376 e. The van der Waals surface area contributed by atoms with Gasteiger partial charge in [-0.25, -0.2) is 0 Å². The molecular weight excluding hydrogens is 256 g/mol. The molecule has 0 aromatic heterocycles. The lowest BCUT2D eigenvalue weighted by Gasteiger charge is -2.40. The maximum Gasteiger partial charge on any atom is 0.0376 e. The molecule has 1 aromatic carbocycles. The molecule has 3 rings (SSSR count). The topological polar surface area (TPSA) is 15.3 Å². The van der Waals surface area contributed by atoms with E-state index in [4.69, 9.17) is 0 Å². The lowest BCUT2D eigenvalue weighted by molar-refractivity contribution is 0.122. The molecule has 2 nitrogen and oxygen atoms in total. The number of fused-ring (bicyclic) bond motifs is 1. The van der Waals surface area contributed by atoms with Gasteiger partial charge in [-0.15, -0.1) is 0 Å². The Bertz CT molecular complexity index is 470. The third-order valence-electron chi connectivity index (χ3n) is 5.65. The van der Waals surface area contributed by atoms with Crippen LogP contribution in [0.25, 0.3) is 0 Å². The number of nitrogens with zero attached hydrogens (tertiary/aromatic N) is 1. The van der Waals surface area contributed by atoms with E-state index >= 15 is 0 Å². The van der Waals surface area contributed by atoms with Crippen LogP contribution in [0.1, 0.15) is 57.4 Å². The standard InChI is InChI=1S/C19H30N2/c1-19(2)11-8-16(9-12-19)21(3)14-15-10-13-20-18-7-5-4-6-17(15)18/h4-7,15-16,20H,8-14H2,1-3H3. The molecule has 1 unspecified atom stereocenters. The van der Waals surface area contributed by atoms with Crippen LogP contribution in [0.3, 0.4) is 0 Å². The molecule has 2 aliphatic rings. The summed E-state index contributed by atoms with van der Waals surface area (Å²) in [6, 6.07) is 9.65. The van der Waals surface area contributed by atoms with Gasteiger partial charge in [0.05, 0.1) is 0 Å². The summed E-state index contributed by atoms with van der Waals surface area (Å²) in [4.78, 5) is 2.64. The summed E-state index contributed by atoms with van der Waals surface area (Å²) in [5.41, 5.74) is 3.44. The van der Waals surface area contributed by atoms with E-state index in [9.17, 15) is 0 Å². The molecular formula is C19H30N2. The third kappa shape index (κ3) is 3.42. The van der Waals surface area contributed by atoms with Crippen LogP contribution in [-0.4, -0.2) is 31.1 Å². The summed E-state index contributed by atoms with van der Waals surface area (Å²) in [5, 5.41) is 3.54. The van der Waals surface area contributed by atoms with Gasteiger partial charge < -0.3 is 10.2 Å². The average Bonchev–Trinajstić information content (AvgIpc) is 2.47. The van der Waals surface area contributed by atoms with Gasteiger partial charge in [0, 0.05) is 30.7 Å². The fraction of sp³-hybridized carbons (Fsp3) is 0.684. The summed E-state index contributed by atoms with van der Waals surface area (Å²) in [6.45, 7) is 7.18. The molecule has 1 aliphatic carbocycles. The second-order valence-electron chi connectivity index (χ2n) is 7.83. The van der Waals surface area contributed by atoms with Crippen molar-refractivity contribution in [3.63, 3.8) is 0 Å². The number of hydrogen-bond donors (Lipinski definition) is 1. The molecule has 0 amide bonds. The zero-order valence-electron chi connectivity index (χ0n) is 13.9. The summed E-state index contributed by atoms with van der Waals surface area (Å²) in [6.07, 6.45) is 6.77. The van der Waals surface area contributed by atoms with E-state index in [2.05, 4.69) is 55.4 Å². The SMILES string of the molecule is CN(CC1CCNc2ccccc21)C1CCC(C)(C)CC1. The van der Waals surface area contributed by atoms with E-state index in [0.29, 0.717) is 11.3 Å². The van der Waals surface area contributed by atoms with Gasteiger partial charge in [0.15, 0.2) is 0 Å². The number of likely N-dealkylation sites (N-methyl/N-ethyl adjacent to an activating group) is 1. The van der Waals surface area contributed by atoms with Gasteiger partial charge in [-0.1, -0.05) is 32.0 Å². The normalized spacial score (nSPS) is 25.4. The van der Waals surface area contributed by atoms with E-state index in [-0.39, 0.29) is 0 Å². The monoisotopic (exact) mass is 286 g/mol. The van der Waals surface area contributed by atoms with Gasteiger partial charge in [-0.05, 0) is 56.2 Å². The van der Waals surface area contributed by atoms with Crippen molar-refractivity contribution in [3.8, 4) is 0 Å². The number of rotatable bonds is 3. The maximum atomic E-state index is 3.54. The van der Waals surface area contributed by atoms with Crippen molar-refractivity contribution in [1.82, 2.24) is 4.90 Å². The lowest BCUT2D eigenvalue weighted by Crippen LogP contribution is -2.40. The van der Waals surface area contributed by atoms with Crippen LogP contribution in [-0.2, 0) is 0 Å². The first-order chi connectivity index (χ1) is 10.1. The number of benzene rings is 1. The molecule has 1 aliphatic heterocycles. The van der Waals surface area contributed by atoms with Gasteiger partial charge >= 0.3 is 0 Å². The minimum absolute atomic E-state index is 0.568. The third-order valence-corrected chi connectivity index (χ3v) is 5.65. The molecule has 0 bridgehead atoms. The zero-order chi connectivity index (χ0) is 14.9. The Morgan fingerprint density at radius 1 is 1.14 bits per heavy atom. The molecule has 0 saturated heterocycles. The molecule has 1 heterocycles. The number of anilines is 1. The molecule has 116 valence electrons. The Kier molecular flexibility index (Phi) is 4.26. The van der Waals surface area contributed by atoms with Crippen LogP contribution >= 0.6 is 0 Å². The molecule has 1 N–H and O–H groups in total. The highest BCUT2D eigenvalue weighted by molar-refractivity contribution is 5.54. The largest absolute Gasteiger partial charge is 0.385 e. The Morgan fingerprint density at radius 2 is 1.86 bits per heavy atom. The van der Waals surface area contributed by atoms with Crippen molar-refractivity contribution in [1.29, 1.82) is 0 Å². The molecule has 1 atom stereocenters. The molecule has 0 spiro atoms. The van der Waals surface area contributed by atoms with Crippen molar-refractivity contribution in [2.45, 2.75) is 57.9 Å². The predicted molar refractivity (Wildman–Crippen MR) is 91.0 cm³/mol. The molecule has 1 fully saturated rings. The fourth-order valence-electron chi connectivity index (χ4n) is 4.06. The second kappa shape index (κ2) is 6.00. The lowest BCUT2D eigenvalue weighted by atomic mass is 9.75. The van der Waals surface area contributed by atoms with Gasteiger partial charge in [0.2, 0.25) is 0 Å². The minimum atomic E-state index is 0.568. The second-order valence-corrected chi connectivity index (χ2v) is 7.83. The van der Waals surface area contributed by atoms with Crippen LogP contribution < -0.4 is 5.32 Å². The van der Waals surface area contributed by atoms with E-state index in [0.717, 1.165) is 12.6 Å². The van der Waals surface area contributed by atoms with Crippen LogP contribution in [0.5, 0.6) is 0 Å². The van der Waals surface area contributed by atoms with Crippen molar-refractivity contribution >= 4 is 5.69 Å². The molecule has 1 saturated carbocycles. The Morgan fingerprint density at radius 3 is 2.62 bits per heavy atom. The summed E-state index contributed by atoms with van der Waals surface area (Å²) in [5.74, 6) is 0.697. The van der Waals surface area contributed by atoms with Crippen molar-refractivity contribution in [2.75, 3.05) is 25.5 Å².